The molecule has 1 aromatic heterocycles. The van der Waals surface area contributed by atoms with E-state index < -0.39 is 0 Å². The third-order valence-corrected chi connectivity index (χ3v) is 2.01. The van der Waals surface area contributed by atoms with E-state index in [-0.39, 0.29) is 0 Å². The fourth-order valence-electron chi connectivity index (χ4n) is 1.30. The molecule has 1 aromatic rings. The molecular weight excluding hydrogens is 176 g/mol. The molecule has 1 rings (SSSR count). The van der Waals surface area contributed by atoms with Crippen LogP contribution in [0.4, 0.5) is 5.82 Å². The highest BCUT2D eigenvalue weighted by molar-refractivity contribution is 5.35. The minimum atomic E-state index is 0.598. The molecule has 0 saturated carbocycles. The molecule has 4 heteroatoms. The third-order valence-electron chi connectivity index (χ3n) is 2.01. The number of hydrogen-bond donors (Lipinski definition) is 1. The maximum atomic E-state index is 5.45. The van der Waals surface area contributed by atoms with Gasteiger partial charge in [-0.25, -0.2) is 9.97 Å². The van der Waals surface area contributed by atoms with Gasteiger partial charge in [-0.3, -0.25) is 0 Å². The SMILES string of the molecule is CCCN(C)c1ccnc(CCN)n1. The quantitative estimate of drug-likeness (QED) is 0.754. The minimum Gasteiger partial charge on any atom is -0.360 e. The topological polar surface area (TPSA) is 55.0 Å². The van der Waals surface area contributed by atoms with Crippen LogP contribution < -0.4 is 10.6 Å². The molecule has 0 atom stereocenters. The second-order valence-electron chi connectivity index (χ2n) is 3.29. The largest absolute Gasteiger partial charge is 0.360 e. The van der Waals surface area contributed by atoms with E-state index in [0.29, 0.717) is 6.54 Å². The zero-order chi connectivity index (χ0) is 10.4. The highest BCUT2D eigenvalue weighted by Gasteiger charge is 2.02. The lowest BCUT2D eigenvalue weighted by Gasteiger charge is -2.17. The maximum Gasteiger partial charge on any atom is 0.131 e. The lowest BCUT2D eigenvalue weighted by atomic mass is 10.4. The summed E-state index contributed by atoms with van der Waals surface area (Å²) in [5.74, 6) is 1.80. The lowest BCUT2D eigenvalue weighted by Crippen LogP contribution is -2.20. The molecule has 4 nitrogen and oxygen atoms in total. The maximum absolute atomic E-state index is 5.45. The van der Waals surface area contributed by atoms with E-state index in [4.69, 9.17) is 5.73 Å². The van der Waals surface area contributed by atoms with E-state index in [1.165, 1.54) is 0 Å². The Bertz CT molecular complexity index is 275. The van der Waals surface area contributed by atoms with E-state index in [0.717, 1.165) is 31.0 Å². The number of nitrogens with two attached hydrogens (primary N) is 1. The summed E-state index contributed by atoms with van der Waals surface area (Å²) in [6.07, 6.45) is 3.65. The summed E-state index contributed by atoms with van der Waals surface area (Å²) in [5.41, 5.74) is 5.45. The molecule has 2 N–H and O–H groups in total. The van der Waals surface area contributed by atoms with Crippen molar-refractivity contribution in [1.82, 2.24) is 9.97 Å². The molecule has 0 bridgehead atoms. The molecule has 0 aliphatic rings. The van der Waals surface area contributed by atoms with Crippen LogP contribution in [0.2, 0.25) is 0 Å². The summed E-state index contributed by atoms with van der Waals surface area (Å²) < 4.78 is 0. The Kier molecular flexibility index (Phi) is 4.32. The van der Waals surface area contributed by atoms with Gasteiger partial charge in [0.05, 0.1) is 0 Å². The van der Waals surface area contributed by atoms with Crippen LogP contribution in [-0.4, -0.2) is 30.1 Å². The molecular formula is C10H18N4. The van der Waals surface area contributed by atoms with Gasteiger partial charge in [0.15, 0.2) is 0 Å². The second-order valence-corrected chi connectivity index (χ2v) is 3.29. The Morgan fingerprint density at radius 1 is 1.50 bits per heavy atom. The van der Waals surface area contributed by atoms with E-state index in [2.05, 4.69) is 21.8 Å². The summed E-state index contributed by atoms with van der Waals surface area (Å²) in [6.45, 7) is 3.76. The standard InChI is InChI=1S/C10H18N4/c1-3-8-14(2)10-5-7-12-9(13-10)4-6-11/h5,7H,3-4,6,8,11H2,1-2H3. The lowest BCUT2D eigenvalue weighted by molar-refractivity contribution is 0.809. The van der Waals surface area contributed by atoms with Crippen molar-refractivity contribution < 1.29 is 0 Å². The Morgan fingerprint density at radius 2 is 2.29 bits per heavy atom. The van der Waals surface area contributed by atoms with Crippen LogP contribution in [0.5, 0.6) is 0 Å². The monoisotopic (exact) mass is 194 g/mol. The van der Waals surface area contributed by atoms with E-state index >= 15 is 0 Å². The molecule has 0 unspecified atom stereocenters. The fourth-order valence-corrected chi connectivity index (χ4v) is 1.30. The van der Waals surface area contributed by atoms with Crippen molar-refractivity contribution in [3.8, 4) is 0 Å². The third kappa shape index (κ3) is 2.96. The van der Waals surface area contributed by atoms with Gasteiger partial charge in [-0.1, -0.05) is 6.92 Å². The summed E-state index contributed by atoms with van der Waals surface area (Å²) in [6, 6.07) is 1.93. The Labute approximate surface area is 85.2 Å². The number of hydrogen-bond acceptors (Lipinski definition) is 4. The molecule has 0 amide bonds. The molecule has 0 spiro atoms. The zero-order valence-electron chi connectivity index (χ0n) is 8.90. The van der Waals surface area contributed by atoms with Crippen molar-refractivity contribution >= 4 is 5.82 Å². The predicted molar refractivity (Wildman–Crippen MR) is 58.4 cm³/mol. The highest BCUT2D eigenvalue weighted by atomic mass is 15.2. The van der Waals surface area contributed by atoms with Gasteiger partial charge in [0, 0.05) is 26.2 Å². The summed E-state index contributed by atoms with van der Waals surface area (Å²) in [5, 5.41) is 0. The first-order chi connectivity index (χ1) is 6.77. The van der Waals surface area contributed by atoms with Gasteiger partial charge >= 0.3 is 0 Å². The van der Waals surface area contributed by atoms with Crippen LogP contribution in [0.25, 0.3) is 0 Å². The molecule has 0 radical (unpaired) electrons. The van der Waals surface area contributed by atoms with Crippen LogP contribution in [-0.2, 0) is 6.42 Å². The van der Waals surface area contributed by atoms with Gasteiger partial charge in [0.25, 0.3) is 0 Å². The summed E-state index contributed by atoms with van der Waals surface area (Å²) >= 11 is 0. The normalized spacial score (nSPS) is 10.2. The van der Waals surface area contributed by atoms with Crippen molar-refractivity contribution in [1.29, 1.82) is 0 Å². The van der Waals surface area contributed by atoms with Gasteiger partial charge < -0.3 is 10.6 Å². The van der Waals surface area contributed by atoms with Gasteiger partial charge in [-0.15, -0.1) is 0 Å². The number of anilines is 1. The first-order valence-electron chi connectivity index (χ1n) is 5.01. The van der Waals surface area contributed by atoms with Crippen molar-refractivity contribution in [2.45, 2.75) is 19.8 Å². The molecule has 0 aliphatic carbocycles. The van der Waals surface area contributed by atoms with Gasteiger partial charge in [-0.2, -0.15) is 0 Å². The van der Waals surface area contributed by atoms with Crippen LogP contribution in [0.3, 0.4) is 0 Å². The highest BCUT2D eigenvalue weighted by Crippen LogP contribution is 2.07. The molecule has 14 heavy (non-hydrogen) atoms. The van der Waals surface area contributed by atoms with Gasteiger partial charge in [0.2, 0.25) is 0 Å². The van der Waals surface area contributed by atoms with Crippen molar-refractivity contribution in [2.75, 3.05) is 25.0 Å². The van der Waals surface area contributed by atoms with Crippen LogP contribution in [0.1, 0.15) is 19.2 Å². The number of rotatable bonds is 5. The van der Waals surface area contributed by atoms with Crippen molar-refractivity contribution in [3.05, 3.63) is 18.1 Å². The molecule has 0 fully saturated rings. The Morgan fingerprint density at radius 3 is 2.93 bits per heavy atom. The Hall–Kier alpha value is -1.16. The summed E-state index contributed by atoms with van der Waals surface area (Å²) in [4.78, 5) is 10.7. The smallest absolute Gasteiger partial charge is 0.131 e. The molecule has 0 aromatic carbocycles. The zero-order valence-corrected chi connectivity index (χ0v) is 8.90. The molecule has 1 heterocycles. The Balaban J connectivity index is 2.71. The average Bonchev–Trinajstić information content (AvgIpc) is 2.19. The predicted octanol–water partition coefficient (Wildman–Crippen LogP) is 0.824. The molecule has 78 valence electrons. The number of nitrogens with zero attached hydrogens (tertiary/aromatic N) is 3. The second kappa shape index (κ2) is 5.54. The molecule has 0 aliphatic heterocycles. The van der Waals surface area contributed by atoms with E-state index in [1.54, 1.807) is 6.20 Å². The first-order valence-corrected chi connectivity index (χ1v) is 5.01. The fraction of sp³-hybridized carbons (Fsp3) is 0.600. The first kappa shape index (κ1) is 10.9. The average molecular weight is 194 g/mol. The van der Waals surface area contributed by atoms with E-state index in [9.17, 15) is 0 Å². The van der Waals surface area contributed by atoms with Gasteiger partial charge in [0.1, 0.15) is 11.6 Å². The van der Waals surface area contributed by atoms with Crippen molar-refractivity contribution in [3.63, 3.8) is 0 Å². The summed E-state index contributed by atoms with van der Waals surface area (Å²) in [7, 11) is 2.04. The minimum absolute atomic E-state index is 0.598. The van der Waals surface area contributed by atoms with Crippen LogP contribution in [0.15, 0.2) is 12.3 Å². The van der Waals surface area contributed by atoms with Crippen molar-refractivity contribution in [2.24, 2.45) is 5.73 Å². The van der Waals surface area contributed by atoms with E-state index in [1.807, 2.05) is 13.1 Å². The number of aromatic nitrogens is 2. The molecule has 0 saturated heterocycles. The van der Waals surface area contributed by atoms with Gasteiger partial charge in [-0.05, 0) is 19.0 Å². The van der Waals surface area contributed by atoms with Crippen LogP contribution >= 0.6 is 0 Å². The van der Waals surface area contributed by atoms with Crippen LogP contribution in [0, 0.1) is 0 Å².